The molecule has 0 aliphatic heterocycles. The first-order valence-corrected chi connectivity index (χ1v) is 7.66. The Morgan fingerprint density at radius 3 is 2.71 bits per heavy atom. The number of carbonyl (C=O) groups is 1. The summed E-state index contributed by atoms with van der Waals surface area (Å²) >= 11 is 0. The number of rotatable bonds is 7. The number of nitrogens with zero attached hydrogens (tertiary/aromatic N) is 1. The van der Waals surface area contributed by atoms with Crippen molar-refractivity contribution in [3.8, 4) is 11.5 Å². The molecule has 6 nitrogen and oxygen atoms in total. The predicted octanol–water partition coefficient (Wildman–Crippen LogP) is 2.66. The van der Waals surface area contributed by atoms with Gasteiger partial charge in [0.05, 0.1) is 19.4 Å². The second-order valence-corrected chi connectivity index (χ2v) is 5.17. The number of ether oxygens (including phenoxy) is 1. The summed E-state index contributed by atoms with van der Waals surface area (Å²) in [5, 5.41) is 16.5. The number of carbonyl (C=O) groups excluding carboxylic acids is 1. The topological polar surface area (TPSA) is 83.0 Å². The number of hydrogen-bond acceptors (Lipinski definition) is 5. The standard InChI is InChI=1S/C18H21N3O3/c1-3-24-17-10-14(6-9-16(17)22)11-20-21-18(23)12-19-15-7-4-13(2)5-8-15/h4-11,19,22H,3,12H2,1-2H3,(H,21,23)/b20-11-. The number of phenolic OH excluding ortho intramolecular Hbond substituents is 1. The van der Waals surface area contributed by atoms with Gasteiger partial charge < -0.3 is 15.2 Å². The number of benzene rings is 2. The second-order valence-electron chi connectivity index (χ2n) is 5.17. The van der Waals surface area contributed by atoms with Crippen LogP contribution < -0.4 is 15.5 Å². The molecule has 0 atom stereocenters. The first kappa shape index (κ1) is 17.3. The summed E-state index contributed by atoms with van der Waals surface area (Å²) in [7, 11) is 0. The fourth-order valence-corrected chi connectivity index (χ4v) is 1.95. The number of nitrogens with one attached hydrogen (secondary N) is 2. The van der Waals surface area contributed by atoms with Gasteiger partial charge in [-0.2, -0.15) is 5.10 Å². The molecule has 0 radical (unpaired) electrons. The van der Waals surface area contributed by atoms with E-state index in [0.717, 1.165) is 11.3 Å². The fourth-order valence-electron chi connectivity index (χ4n) is 1.95. The van der Waals surface area contributed by atoms with Crippen molar-refractivity contribution in [1.29, 1.82) is 0 Å². The van der Waals surface area contributed by atoms with Crippen molar-refractivity contribution >= 4 is 17.8 Å². The van der Waals surface area contributed by atoms with Gasteiger partial charge in [0.25, 0.3) is 5.91 Å². The minimum atomic E-state index is -0.254. The lowest BCUT2D eigenvalue weighted by atomic mass is 10.2. The summed E-state index contributed by atoms with van der Waals surface area (Å²) in [5.74, 6) is 0.199. The third kappa shape index (κ3) is 5.31. The zero-order chi connectivity index (χ0) is 17.4. The molecule has 0 bridgehead atoms. The van der Waals surface area contributed by atoms with Crippen molar-refractivity contribution in [3.63, 3.8) is 0 Å². The molecule has 0 aliphatic carbocycles. The van der Waals surface area contributed by atoms with Crippen molar-refractivity contribution in [2.75, 3.05) is 18.5 Å². The highest BCUT2D eigenvalue weighted by Crippen LogP contribution is 2.26. The molecule has 2 aromatic carbocycles. The molecular formula is C18H21N3O3. The van der Waals surface area contributed by atoms with E-state index in [1.165, 1.54) is 12.3 Å². The zero-order valence-corrected chi connectivity index (χ0v) is 13.7. The van der Waals surface area contributed by atoms with Crippen molar-refractivity contribution in [2.45, 2.75) is 13.8 Å². The molecule has 0 spiro atoms. The van der Waals surface area contributed by atoms with E-state index in [-0.39, 0.29) is 18.2 Å². The van der Waals surface area contributed by atoms with Gasteiger partial charge in [-0.25, -0.2) is 5.43 Å². The van der Waals surface area contributed by atoms with E-state index in [9.17, 15) is 9.90 Å². The van der Waals surface area contributed by atoms with Crippen molar-refractivity contribution in [1.82, 2.24) is 5.43 Å². The molecular weight excluding hydrogens is 306 g/mol. The first-order valence-electron chi connectivity index (χ1n) is 7.66. The van der Waals surface area contributed by atoms with Gasteiger partial charge in [-0.05, 0) is 49.7 Å². The van der Waals surface area contributed by atoms with E-state index in [4.69, 9.17) is 4.74 Å². The normalized spacial score (nSPS) is 10.6. The van der Waals surface area contributed by atoms with Crippen molar-refractivity contribution < 1.29 is 14.6 Å². The Bertz CT molecular complexity index is 712. The van der Waals surface area contributed by atoms with Crippen LogP contribution in [0.3, 0.4) is 0 Å². The van der Waals surface area contributed by atoms with Crippen LogP contribution in [0.2, 0.25) is 0 Å². The van der Waals surface area contributed by atoms with Crippen molar-refractivity contribution in [2.24, 2.45) is 5.10 Å². The van der Waals surface area contributed by atoms with Gasteiger partial charge in [0.2, 0.25) is 0 Å². The zero-order valence-electron chi connectivity index (χ0n) is 13.7. The van der Waals surface area contributed by atoms with E-state index in [1.807, 2.05) is 38.1 Å². The Hall–Kier alpha value is -3.02. The molecule has 0 heterocycles. The number of hydrazone groups is 1. The summed E-state index contributed by atoms with van der Waals surface area (Å²) in [6.45, 7) is 4.42. The van der Waals surface area contributed by atoms with Crippen LogP contribution in [0.5, 0.6) is 11.5 Å². The Morgan fingerprint density at radius 2 is 2.00 bits per heavy atom. The van der Waals surface area contributed by atoms with Crippen LogP contribution in [0.15, 0.2) is 47.6 Å². The van der Waals surface area contributed by atoms with Crippen LogP contribution in [0.1, 0.15) is 18.1 Å². The van der Waals surface area contributed by atoms with E-state index in [0.29, 0.717) is 17.9 Å². The Morgan fingerprint density at radius 1 is 1.25 bits per heavy atom. The number of aromatic hydroxyl groups is 1. The molecule has 0 unspecified atom stereocenters. The van der Waals surface area contributed by atoms with Crippen LogP contribution in [0.25, 0.3) is 0 Å². The van der Waals surface area contributed by atoms with Gasteiger partial charge in [-0.1, -0.05) is 17.7 Å². The van der Waals surface area contributed by atoms with Crippen LogP contribution >= 0.6 is 0 Å². The molecule has 0 fully saturated rings. The summed E-state index contributed by atoms with van der Waals surface area (Å²) in [6, 6.07) is 12.6. The van der Waals surface area contributed by atoms with Crippen molar-refractivity contribution in [3.05, 3.63) is 53.6 Å². The third-order valence-electron chi connectivity index (χ3n) is 3.19. The largest absolute Gasteiger partial charge is 0.504 e. The molecule has 0 saturated carbocycles. The molecule has 126 valence electrons. The molecule has 6 heteroatoms. The Balaban J connectivity index is 1.83. The minimum Gasteiger partial charge on any atom is -0.504 e. The lowest BCUT2D eigenvalue weighted by Crippen LogP contribution is -2.25. The molecule has 1 amide bonds. The van der Waals surface area contributed by atoms with E-state index < -0.39 is 0 Å². The van der Waals surface area contributed by atoms with Gasteiger partial charge in [-0.15, -0.1) is 0 Å². The quantitative estimate of drug-likeness (QED) is 0.539. The second kappa shape index (κ2) is 8.57. The molecule has 2 rings (SSSR count). The average molecular weight is 327 g/mol. The van der Waals surface area contributed by atoms with Crippen LogP contribution in [0.4, 0.5) is 5.69 Å². The number of phenols is 1. The monoisotopic (exact) mass is 327 g/mol. The fraction of sp³-hybridized carbons (Fsp3) is 0.222. The number of aryl methyl sites for hydroxylation is 1. The molecule has 0 saturated heterocycles. The van der Waals surface area contributed by atoms with Crippen LogP contribution in [-0.2, 0) is 4.79 Å². The van der Waals surface area contributed by atoms with Crippen LogP contribution in [-0.4, -0.2) is 30.4 Å². The maximum Gasteiger partial charge on any atom is 0.259 e. The highest BCUT2D eigenvalue weighted by Gasteiger charge is 2.03. The predicted molar refractivity (Wildman–Crippen MR) is 94.7 cm³/mol. The van der Waals surface area contributed by atoms with E-state index >= 15 is 0 Å². The third-order valence-corrected chi connectivity index (χ3v) is 3.19. The molecule has 0 aliphatic rings. The summed E-state index contributed by atoms with van der Waals surface area (Å²) in [5.41, 5.74) is 5.19. The highest BCUT2D eigenvalue weighted by atomic mass is 16.5. The molecule has 24 heavy (non-hydrogen) atoms. The van der Waals surface area contributed by atoms with Crippen LogP contribution in [0, 0.1) is 6.92 Å². The van der Waals surface area contributed by atoms with E-state index in [1.54, 1.807) is 12.1 Å². The molecule has 3 N–H and O–H groups in total. The number of hydrogen-bond donors (Lipinski definition) is 3. The molecule has 2 aromatic rings. The summed E-state index contributed by atoms with van der Waals surface area (Å²) < 4.78 is 5.29. The lowest BCUT2D eigenvalue weighted by Gasteiger charge is -2.06. The minimum absolute atomic E-state index is 0.0698. The maximum absolute atomic E-state index is 11.7. The maximum atomic E-state index is 11.7. The average Bonchev–Trinajstić information content (AvgIpc) is 2.57. The van der Waals surface area contributed by atoms with Gasteiger partial charge in [0, 0.05) is 5.69 Å². The lowest BCUT2D eigenvalue weighted by molar-refractivity contribution is -0.119. The smallest absolute Gasteiger partial charge is 0.259 e. The SMILES string of the molecule is CCOc1cc(/C=N\NC(=O)CNc2ccc(C)cc2)ccc1O. The van der Waals surface area contributed by atoms with Gasteiger partial charge in [0.15, 0.2) is 11.5 Å². The summed E-state index contributed by atoms with van der Waals surface area (Å²) in [6.07, 6.45) is 1.49. The summed E-state index contributed by atoms with van der Waals surface area (Å²) in [4.78, 5) is 11.7. The van der Waals surface area contributed by atoms with Gasteiger partial charge in [-0.3, -0.25) is 4.79 Å². The van der Waals surface area contributed by atoms with E-state index in [2.05, 4.69) is 15.8 Å². The number of amides is 1. The number of anilines is 1. The van der Waals surface area contributed by atoms with Gasteiger partial charge in [0.1, 0.15) is 0 Å². The Kier molecular flexibility index (Phi) is 6.19. The highest BCUT2D eigenvalue weighted by molar-refractivity contribution is 5.84. The van der Waals surface area contributed by atoms with Gasteiger partial charge >= 0.3 is 0 Å². The Labute approximate surface area is 141 Å². The molecule has 0 aromatic heterocycles. The first-order chi connectivity index (χ1) is 11.6.